The van der Waals surface area contributed by atoms with Gasteiger partial charge in [0.15, 0.2) is 0 Å². The highest BCUT2D eigenvalue weighted by molar-refractivity contribution is 5.50. The first-order valence-electron chi connectivity index (χ1n) is 6.67. The van der Waals surface area contributed by atoms with Crippen molar-refractivity contribution in [2.45, 2.75) is 32.2 Å². The predicted octanol–water partition coefficient (Wildman–Crippen LogP) is 3.16. The zero-order chi connectivity index (χ0) is 14.8. The van der Waals surface area contributed by atoms with E-state index in [2.05, 4.69) is 28.8 Å². The van der Waals surface area contributed by atoms with E-state index in [1.807, 2.05) is 0 Å². The lowest BCUT2D eigenvalue weighted by atomic mass is 9.95. The number of ether oxygens (including phenoxy) is 1. The average Bonchev–Trinajstić information content (AvgIpc) is 2.38. The van der Waals surface area contributed by atoms with E-state index in [1.54, 1.807) is 12.1 Å². The number of benzene rings is 1. The Morgan fingerprint density at radius 3 is 2.50 bits per heavy atom. The number of alkyl halides is 3. The largest absolute Gasteiger partial charge is 0.573 e. The highest BCUT2D eigenvalue weighted by Gasteiger charge is 2.31. The van der Waals surface area contributed by atoms with Gasteiger partial charge in [-0.15, -0.1) is 13.2 Å². The van der Waals surface area contributed by atoms with Crippen LogP contribution < -0.4 is 15.0 Å². The second-order valence-electron chi connectivity index (χ2n) is 5.30. The van der Waals surface area contributed by atoms with Crippen molar-refractivity contribution >= 4 is 5.69 Å². The zero-order valence-electron chi connectivity index (χ0n) is 11.6. The van der Waals surface area contributed by atoms with Gasteiger partial charge in [0.05, 0.1) is 0 Å². The summed E-state index contributed by atoms with van der Waals surface area (Å²) in [6.45, 7) is 6.82. The van der Waals surface area contributed by atoms with E-state index in [-0.39, 0.29) is 11.3 Å². The van der Waals surface area contributed by atoms with Crippen LogP contribution in [-0.4, -0.2) is 31.5 Å². The van der Waals surface area contributed by atoms with Crippen molar-refractivity contribution in [2.75, 3.05) is 24.5 Å². The minimum absolute atomic E-state index is 0.0411. The predicted molar refractivity (Wildman–Crippen MR) is 72.0 cm³/mol. The Hall–Kier alpha value is -1.43. The first-order chi connectivity index (χ1) is 9.31. The summed E-state index contributed by atoms with van der Waals surface area (Å²) < 4.78 is 40.2. The highest BCUT2D eigenvalue weighted by atomic mass is 19.4. The van der Waals surface area contributed by atoms with Gasteiger partial charge >= 0.3 is 6.36 Å². The minimum Gasteiger partial charge on any atom is -0.406 e. The second kappa shape index (κ2) is 5.52. The first kappa shape index (κ1) is 15.0. The molecule has 0 bridgehead atoms. The summed E-state index contributed by atoms with van der Waals surface area (Å²) in [7, 11) is 0. The van der Waals surface area contributed by atoms with Crippen LogP contribution in [0.4, 0.5) is 18.9 Å². The van der Waals surface area contributed by atoms with Crippen LogP contribution >= 0.6 is 0 Å². The molecule has 1 unspecified atom stereocenters. The topological polar surface area (TPSA) is 24.5 Å². The number of halogens is 3. The maximum atomic E-state index is 12.1. The van der Waals surface area contributed by atoms with Gasteiger partial charge in [0.25, 0.3) is 0 Å². The van der Waals surface area contributed by atoms with Gasteiger partial charge in [0.1, 0.15) is 5.75 Å². The molecule has 1 aromatic carbocycles. The van der Waals surface area contributed by atoms with Gasteiger partial charge in [0.2, 0.25) is 0 Å². The van der Waals surface area contributed by atoms with Crippen LogP contribution in [0.5, 0.6) is 5.75 Å². The Labute approximate surface area is 116 Å². The zero-order valence-corrected chi connectivity index (χ0v) is 11.6. The fourth-order valence-electron chi connectivity index (χ4n) is 2.36. The van der Waals surface area contributed by atoms with E-state index in [9.17, 15) is 13.2 Å². The smallest absolute Gasteiger partial charge is 0.406 e. The van der Waals surface area contributed by atoms with Crippen LogP contribution in [0.1, 0.15) is 20.3 Å². The van der Waals surface area contributed by atoms with Gasteiger partial charge in [-0.05, 0) is 37.6 Å². The number of nitrogens with one attached hydrogen (secondary N) is 1. The van der Waals surface area contributed by atoms with Crippen molar-refractivity contribution in [3.8, 4) is 5.75 Å². The summed E-state index contributed by atoms with van der Waals surface area (Å²) in [6.07, 6.45) is -3.64. The van der Waals surface area contributed by atoms with E-state index in [4.69, 9.17) is 0 Å². The molecule has 1 saturated heterocycles. The molecule has 0 amide bonds. The van der Waals surface area contributed by atoms with E-state index >= 15 is 0 Å². The standard InChI is InChI=1S/C14H19F3N2O/c1-3-13(2)10-19(9-8-18-13)11-4-6-12(7-5-11)20-14(15,16)17/h4-7,18H,3,8-10H2,1-2H3. The molecule has 0 radical (unpaired) electrons. The molecule has 20 heavy (non-hydrogen) atoms. The Bertz CT molecular complexity index is 447. The van der Waals surface area contributed by atoms with Crippen LogP contribution in [0.15, 0.2) is 24.3 Å². The van der Waals surface area contributed by atoms with Crippen molar-refractivity contribution in [1.29, 1.82) is 0 Å². The van der Waals surface area contributed by atoms with E-state index < -0.39 is 6.36 Å². The van der Waals surface area contributed by atoms with Crippen molar-refractivity contribution in [3.63, 3.8) is 0 Å². The molecular formula is C14H19F3N2O. The number of anilines is 1. The van der Waals surface area contributed by atoms with Crippen molar-refractivity contribution in [3.05, 3.63) is 24.3 Å². The maximum absolute atomic E-state index is 12.1. The Balaban J connectivity index is 2.06. The lowest BCUT2D eigenvalue weighted by molar-refractivity contribution is -0.274. The molecule has 1 atom stereocenters. The van der Waals surface area contributed by atoms with Crippen molar-refractivity contribution in [2.24, 2.45) is 0 Å². The lowest BCUT2D eigenvalue weighted by Crippen LogP contribution is -2.58. The van der Waals surface area contributed by atoms with Crippen molar-refractivity contribution in [1.82, 2.24) is 5.32 Å². The van der Waals surface area contributed by atoms with Gasteiger partial charge in [-0.3, -0.25) is 0 Å². The molecule has 1 heterocycles. The highest BCUT2D eigenvalue weighted by Crippen LogP contribution is 2.27. The van der Waals surface area contributed by atoms with Crippen LogP contribution in [0.2, 0.25) is 0 Å². The maximum Gasteiger partial charge on any atom is 0.573 e. The quantitative estimate of drug-likeness (QED) is 0.924. The minimum atomic E-state index is -4.64. The molecule has 3 nitrogen and oxygen atoms in total. The number of hydrogen-bond acceptors (Lipinski definition) is 3. The fraction of sp³-hybridized carbons (Fsp3) is 0.571. The molecule has 6 heteroatoms. The van der Waals surface area contributed by atoms with E-state index in [0.29, 0.717) is 0 Å². The summed E-state index contributed by atoms with van der Waals surface area (Å²) in [5, 5.41) is 3.47. The van der Waals surface area contributed by atoms with Crippen molar-refractivity contribution < 1.29 is 17.9 Å². The van der Waals surface area contributed by atoms with Crippen LogP contribution in [0.25, 0.3) is 0 Å². The molecule has 0 spiro atoms. The summed E-state index contributed by atoms with van der Waals surface area (Å²) in [6, 6.07) is 6.05. The molecule has 2 rings (SSSR count). The van der Waals surface area contributed by atoms with Crippen LogP contribution in [-0.2, 0) is 0 Å². The van der Waals surface area contributed by atoms with Gasteiger partial charge in [-0.2, -0.15) is 0 Å². The van der Waals surface area contributed by atoms with E-state index in [1.165, 1.54) is 12.1 Å². The molecule has 112 valence electrons. The van der Waals surface area contributed by atoms with Gasteiger partial charge < -0.3 is 15.0 Å². The Morgan fingerprint density at radius 1 is 1.30 bits per heavy atom. The summed E-state index contributed by atoms with van der Waals surface area (Å²) in [4.78, 5) is 2.18. The SMILES string of the molecule is CCC1(C)CN(c2ccc(OC(F)(F)F)cc2)CCN1. The Kier molecular flexibility index (Phi) is 4.13. The van der Waals surface area contributed by atoms with Gasteiger partial charge in [-0.25, -0.2) is 0 Å². The number of hydrogen-bond donors (Lipinski definition) is 1. The van der Waals surface area contributed by atoms with E-state index in [0.717, 1.165) is 31.7 Å². The third-order valence-corrected chi connectivity index (χ3v) is 3.69. The number of nitrogens with zero attached hydrogens (tertiary/aromatic N) is 1. The van der Waals surface area contributed by atoms with Crippen LogP contribution in [0.3, 0.4) is 0 Å². The molecule has 1 N–H and O–H groups in total. The number of rotatable bonds is 3. The normalized spacial score (nSPS) is 23.8. The molecule has 1 aromatic rings. The molecule has 1 aliphatic heterocycles. The van der Waals surface area contributed by atoms with Gasteiger partial charge in [0, 0.05) is 30.9 Å². The molecule has 1 fully saturated rings. The number of piperazine rings is 1. The average molecular weight is 288 g/mol. The second-order valence-corrected chi connectivity index (χ2v) is 5.30. The third kappa shape index (κ3) is 3.79. The first-order valence-corrected chi connectivity index (χ1v) is 6.67. The lowest BCUT2D eigenvalue weighted by Gasteiger charge is -2.42. The summed E-state index contributed by atoms with van der Waals surface area (Å²) in [5.74, 6) is -0.186. The van der Waals surface area contributed by atoms with Crippen LogP contribution in [0, 0.1) is 0 Å². The van der Waals surface area contributed by atoms with Gasteiger partial charge in [-0.1, -0.05) is 6.92 Å². The molecule has 0 aromatic heterocycles. The summed E-state index contributed by atoms with van der Waals surface area (Å²) >= 11 is 0. The molecule has 0 aliphatic carbocycles. The fourth-order valence-corrected chi connectivity index (χ4v) is 2.36. The molecular weight excluding hydrogens is 269 g/mol. The monoisotopic (exact) mass is 288 g/mol. The Morgan fingerprint density at radius 2 is 1.95 bits per heavy atom. The molecule has 0 saturated carbocycles. The third-order valence-electron chi connectivity index (χ3n) is 3.69. The molecule has 1 aliphatic rings. The summed E-state index contributed by atoms with van der Waals surface area (Å²) in [5.41, 5.74) is 0.958.